The number of hydrogen-bond donors (Lipinski definition) is 2. The number of methoxy groups -OCH3 is 1. The lowest BCUT2D eigenvalue weighted by Crippen LogP contribution is -2.45. The summed E-state index contributed by atoms with van der Waals surface area (Å²) in [6.07, 6.45) is 3.47. The molecule has 6 nitrogen and oxygen atoms in total. The summed E-state index contributed by atoms with van der Waals surface area (Å²) < 4.78 is 5.18. The molecule has 1 saturated carbocycles. The van der Waals surface area contributed by atoms with Crippen molar-refractivity contribution in [2.45, 2.75) is 36.4 Å². The molecule has 0 spiro atoms. The molecule has 0 unspecified atom stereocenters. The minimum Gasteiger partial charge on any atom is -0.497 e. The number of nitrogens with zero attached hydrogens (tertiary/aromatic N) is 2. The van der Waals surface area contributed by atoms with Gasteiger partial charge in [-0.15, -0.1) is 0 Å². The predicted octanol–water partition coefficient (Wildman–Crippen LogP) is 2.62. The van der Waals surface area contributed by atoms with Crippen LogP contribution in [0.1, 0.15) is 25.7 Å². The van der Waals surface area contributed by atoms with Gasteiger partial charge in [-0.1, -0.05) is 11.8 Å². The summed E-state index contributed by atoms with van der Waals surface area (Å²) >= 11 is 1.33. The van der Waals surface area contributed by atoms with Gasteiger partial charge in [-0.3, -0.25) is 4.79 Å². The van der Waals surface area contributed by atoms with E-state index >= 15 is 0 Å². The zero-order chi connectivity index (χ0) is 16.3. The fraction of sp³-hybridized carbons (Fsp3) is 0.438. The second kappa shape index (κ2) is 6.50. The second-order valence-corrected chi connectivity index (χ2v) is 6.63. The lowest BCUT2D eigenvalue weighted by Gasteiger charge is -2.21. The number of hydrogen-bond acceptors (Lipinski definition) is 5. The van der Waals surface area contributed by atoms with Gasteiger partial charge < -0.3 is 15.0 Å². The van der Waals surface area contributed by atoms with E-state index in [1.165, 1.54) is 11.8 Å². The fourth-order valence-corrected chi connectivity index (χ4v) is 3.53. The van der Waals surface area contributed by atoms with Crippen molar-refractivity contribution in [3.05, 3.63) is 18.2 Å². The van der Waals surface area contributed by atoms with Crippen molar-refractivity contribution < 1.29 is 9.53 Å². The van der Waals surface area contributed by atoms with Gasteiger partial charge in [0.2, 0.25) is 5.91 Å². The summed E-state index contributed by atoms with van der Waals surface area (Å²) in [4.78, 5) is 19.7. The van der Waals surface area contributed by atoms with Gasteiger partial charge >= 0.3 is 0 Å². The van der Waals surface area contributed by atoms with Crippen molar-refractivity contribution >= 4 is 28.7 Å². The van der Waals surface area contributed by atoms with E-state index in [0.29, 0.717) is 5.16 Å². The van der Waals surface area contributed by atoms with E-state index in [1.807, 2.05) is 18.2 Å². The van der Waals surface area contributed by atoms with Crippen LogP contribution in [0, 0.1) is 11.3 Å². The van der Waals surface area contributed by atoms with Gasteiger partial charge in [-0.25, -0.2) is 4.98 Å². The molecule has 0 saturated heterocycles. The summed E-state index contributed by atoms with van der Waals surface area (Å²) in [6, 6.07) is 7.85. The first-order valence-electron chi connectivity index (χ1n) is 7.53. The Morgan fingerprint density at radius 2 is 2.30 bits per heavy atom. The van der Waals surface area contributed by atoms with Crippen LogP contribution in [-0.2, 0) is 4.79 Å². The number of aromatic nitrogens is 2. The van der Waals surface area contributed by atoms with Crippen molar-refractivity contribution in [3.8, 4) is 11.8 Å². The van der Waals surface area contributed by atoms with Gasteiger partial charge in [0.1, 0.15) is 11.3 Å². The SMILES string of the molecule is COc1ccc2nc(SCC(=O)NC3(C#N)CCCC3)[nH]c2c1. The predicted molar refractivity (Wildman–Crippen MR) is 88.3 cm³/mol. The highest BCUT2D eigenvalue weighted by Gasteiger charge is 2.35. The Bertz CT molecular complexity index is 759. The average Bonchev–Trinajstić information content (AvgIpc) is 3.19. The number of carbonyl (C=O) groups is 1. The quantitative estimate of drug-likeness (QED) is 0.822. The number of ether oxygens (including phenoxy) is 1. The van der Waals surface area contributed by atoms with Crippen LogP contribution in [0.5, 0.6) is 5.75 Å². The summed E-state index contributed by atoms with van der Waals surface area (Å²) in [7, 11) is 1.62. The lowest BCUT2D eigenvalue weighted by atomic mass is 10.0. The smallest absolute Gasteiger partial charge is 0.231 e. The minimum atomic E-state index is -0.668. The Morgan fingerprint density at radius 3 is 3.00 bits per heavy atom. The third-order valence-corrected chi connectivity index (χ3v) is 4.93. The van der Waals surface area contributed by atoms with Crippen LogP contribution in [0.4, 0.5) is 0 Å². The maximum Gasteiger partial charge on any atom is 0.231 e. The number of aromatic amines is 1. The summed E-state index contributed by atoms with van der Waals surface area (Å²) in [6.45, 7) is 0. The van der Waals surface area contributed by atoms with E-state index in [-0.39, 0.29) is 11.7 Å². The molecule has 1 aromatic heterocycles. The van der Waals surface area contributed by atoms with Crippen LogP contribution in [0.3, 0.4) is 0 Å². The average molecular weight is 330 g/mol. The largest absolute Gasteiger partial charge is 0.497 e. The van der Waals surface area contributed by atoms with Crippen LogP contribution in [-0.4, -0.2) is 34.3 Å². The number of nitrogens with one attached hydrogen (secondary N) is 2. The second-order valence-electron chi connectivity index (χ2n) is 5.66. The van der Waals surface area contributed by atoms with Crippen LogP contribution in [0.2, 0.25) is 0 Å². The molecule has 1 aliphatic rings. The molecule has 1 heterocycles. The van der Waals surface area contributed by atoms with Crippen molar-refractivity contribution in [2.75, 3.05) is 12.9 Å². The number of thioether (sulfide) groups is 1. The van der Waals surface area contributed by atoms with Gasteiger partial charge in [0, 0.05) is 6.07 Å². The Balaban J connectivity index is 1.61. The zero-order valence-corrected chi connectivity index (χ0v) is 13.7. The highest BCUT2D eigenvalue weighted by Crippen LogP contribution is 2.29. The molecule has 7 heteroatoms. The summed E-state index contributed by atoms with van der Waals surface area (Å²) in [5.74, 6) is 0.865. The monoisotopic (exact) mass is 330 g/mol. The molecular formula is C16H18N4O2S. The molecule has 120 valence electrons. The fourth-order valence-electron chi connectivity index (χ4n) is 2.84. The maximum absolute atomic E-state index is 12.1. The number of rotatable bonds is 5. The molecule has 3 rings (SSSR count). The van der Waals surface area contributed by atoms with Crippen molar-refractivity contribution in [1.29, 1.82) is 5.26 Å². The molecular weight excluding hydrogens is 312 g/mol. The number of amides is 1. The van der Waals surface area contributed by atoms with Crippen LogP contribution >= 0.6 is 11.8 Å². The van der Waals surface area contributed by atoms with Crippen molar-refractivity contribution in [3.63, 3.8) is 0 Å². The van der Waals surface area contributed by atoms with E-state index in [1.54, 1.807) is 7.11 Å². The Labute approximate surface area is 138 Å². The molecule has 2 N–H and O–H groups in total. The van der Waals surface area contributed by atoms with Crippen LogP contribution in [0.15, 0.2) is 23.4 Å². The molecule has 0 radical (unpaired) electrons. The number of fused-ring (bicyclic) bond motifs is 1. The molecule has 1 aliphatic carbocycles. The van der Waals surface area contributed by atoms with Gasteiger partial charge in [0.05, 0.1) is 30.0 Å². The molecule has 1 fully saturated rings. The van der Waals surface area contributed by atoms with Gasteiger partial charge in [0.25, 0.3) is 0 Å². The van der Waals surface area contributed by atoms with E-state index in [2.05, 4.69) is 21.4 Å². The first kappa shape index (κ1) is 15.7. The normalized spacial score (nSPS) is 16.2. The summed E-state index contributed by atoms with van der Waals surface area (Å²) in [5, 5.41) is 12.9. The number of H-pyrrole nitrogens is 1. The minimum absolute atomic E-state index is 0.128. The van der Waals surface area contributed by atoms with Gasteiger partial charge in [-0.05, 0) is 37.8 Å². The number of imidazole rings is 1. The van der Waals surface area contributed by atoms with Crippen LogP contribution in [0.25, 0.3) is 11.0 Å². The van der Waals surface area contributed by atoms with Crippen molar-refractivity contribution in [2.24, 2.45) is 0 Å². The standard InChI is InChI=1S/C16H18N4O2S/c1-22-11-4-5-12-13(8-11)19-15(18-12)23-9-14(21)20-16(10-17)6-2-3-7-16/h4-5,8H,2-3,6-7,9H2,1H3,(H,18,19)(H,20,21). The molecule has 0 aliphatic heterocycles. The summed E-state index contributed by atoms with van der Waals surface area (Å²) in [5.41, 5.74) is 1.04. The third kappa shape index (κ3) is 3.42. The molecule has 2 aromatic rings. The highest BCUT2D eigenvalue weighted by molar-refractivity contribution is 7.99. The highest BCUT2D eigenvalue weighted by atomic mass is 32.2. The van der Waals surface area contributed by atoms with E-state index in [4.69, 9.17) is 4.74 Å². The maximum atomic E-state index is 12.1. The van der Waals surface area contributed by atoms with E-state index in [0.717, 1.165) is 42.5 Å². The van der Waals surface area contributed by atoms with Gasteiger partial charge in [-0.2, -0.15) is 5.26 Å². The number of benzene rings is 1. The van der Waals surface area contributed by atoms with E-state index in [9.17, 15) is 10.1 Å². The zero-order valence-electron chi connectivity index (χ0n) is 12.9. The first-order chi connectivity index (χ1) is 11.1. The first-order valence-corrected chi connectivity index (χ1v) is 8.51. The molecule has 1 amide bonds. The third-order valence-electron chi connectivity index (χ3n) is 4.06. The van der Waals surface area contributed by atoms with Gasteiger partial charge in [0.15, 0.2) is 5.16 Å². The lowest BCUT2D eigenvalue weighted by molar-refractivity contribution is -0.119. The topological polar surface area (TPSA) is 90.8 Å². The Morgan fingerprint density at radius 1 is 1.52 bits per heavy atom. The molecule has 23 heavy (non-hydrogen) atoms. The Kier molecular flexibility index (Phi) is 4.44. The van der Waals surface area contributed by atoms with E-state index < -0.39 is 5.54 Å². The number of carbonyl (C=O) groups excluding carboxylic acids is 1. The molecule has 1 aromatic carbocycles. The molecule has 0 atom stereocenters. The van der Waals surface area contributed by atoms with Crippen LogP contribution < -0.4 is 10.1 Å². The van der Waals surface area contributed by atoms with Crippen molar-refractivity contribution in [1.82, 2.24) is 15.3 Å². The number of nitriles is 1. The molecule has 0 bridgehead atoms. The Hall–Kier alpha value is -2.20.